The molecule has 0 spiro atoms. The normalized spacial score (nSPS) is 16.0. The highest BCUT2D eigenvalue weighted by molar-refractivity contribution is 8.16. The largest absolute Gasteiger partial charge is 0.296 e. The number of carbonyl (C=O) groups is 1. The molecule has 0 saturated carbocycles. The van der Waals surface area contributed by atoms with Crippen molar-refractivity contribution in [1.29, 1.82) is 0 Å². The Bertz CT molecular complexity index is 565. The second-order valence-corrected chi connectivity index (χ2v) is 7.80. The van der Waals surface area contributed by atoms with Crippen LogP contribution in [0, 0.1) is 0 Å². The number of rotatable bonds is 3. The Balaban J connectivity index is 1.67. The molecule has 0 atom stereocenters. The number of nitrogens with zero attached hydrogens (tertiary/aromatic N) is 2. The Hall–Kier alpha value is -1.05. The summed E-state index contributed by atoms with van der Waals surface area (Å²) in [5.41, 5.74) is 3.53. The maximum Gasteiger partial charge on any atom is 0.257 e. The number of anilines is 1. The van der Waals surface area contributed by atoms with E-state index in [9.17, 15) is 4.79 Å². The first-order valence-electron chi connectivity index (χ1n) is 6.23. The van der Waals surface area contributed by atoms with E-state index in [0.29, 0.717) is 15.3 Å². The van der Waals surface area contributed by atoms with Gasteiger partial charge in [0.2, 0.25) is 5.13 Å². The van der Waals surface area contributed by atoms with Gasteiger partial charge in [-0.2, -0.15) is 0 Å². The first-order chi connectivity index (χ1) is 9.83. The molecule has 0 bridgehead atoms. The Kier molecular flexibility index (Phi) is 4.59. The summed E-state index contributed by atoms with van der Waals surface area (Å²) in [5.74, 6) is 2.30. The van der Waals surface area contributed by atoms with Crippen molar-refractivity contribution in [2.75, 3.05) is 16.8 Å². The van der Waals surface area contributed by atoms with Crippen molar-refractivity contribution in [1.82, 2.24) is 10.2 Å². The zero-order valence-electron chi connectivity index (χ0n) is 10.6. The van der Waals surface area contributed by atoms with Gasteiger partial charge in [0.05, 0.1) is 4.58 Å². The summed E-state index contributed by atoms with van der Waals surface area (Å²) in [6.45, 7) is 0. The number of benzene rings is 1. The van der Waals surface area contributed by atoms with Crippen LogP contribution < -0.4 is 5.32 Å². The lowest BCUT2D eigenvalue weighted by Crippen LogP contribution is -2.11. The smallest absolute Gasteiger partial charge is 0.257 e. The zero-order chi connectivity index (χ0) is 13.8. The zero-order valence-corrected chi connectivity index (χ0v) is 13.1. The molecule has 1 aromatic heterocycles. The molecule has 20 heavy (non-hydrogen) atoms. The second-order valence-electron chi connectivity index (χ2n) is 4.25. The van der Waals surface area contributed by atoms with Crippen LogP contribution in [0.2, 0.25) is 0 Å². The molecular weight excluding hydrogens is 310 g/mol. The Morgan fingerprint density at radius 2 is 1.95 bits per heavy atom. The van der Waals surface area contributed by atoms with Gasteiger partial charge in [0.25, 0.3) is 5.91 Å². The van der Waals surface area contributed by atoms with Crippen LogP contribution >= 0.6 is 34.9 Å². The molecule has 7 heteroatoms. The van der Waals surface area contributed by atoms with Crippen LogP contribution in [0.3, 0.4) is 0 Å². The number of aromatic nitrogens is 2. The van der Waals surface area contributed by atoms with Gasteiger partial charge in [-0.05, 0) is 35.6 Å². The monoisotopic (exact) mass is 323 g/mol. The summed E-state index contributed by atoms with van der Waals surface area (Å²) < 4.78 is 0.504. The van der Waals surface area contributed by atoms with Crippen molar-refractivity contribution < 1.29 is 4.79 Å². The van der Waals surface area contributed by atoms with Gasteiger partial charge in [0.1, 0.15) is 5.51 Å². The highest BCUT2D eigenvalue weighted by Crippen LogP contribution is 2.43. The van der Waals surface area contributed by atoms with Crippen molar-refractivity contribution in [3.05, 3.63) is 40.9 Å². The van der Waals surface area contributed by atoms with E-state index in [2.05, 4.69) is 15.5 Å². The standard InChI is InChI=1S/C13H13N3OS3/c17-11(15-13-16-14-8-20-13)9-2-4-10(5-3-9)12-18-6-1-7-19-12/h2-5,8,12H,1,6-7H2,(H,15,16,17). The maximum atomic E-state index is 12.0. The van der Waals surface area contributed by atoms with Crippen LogP contribution in [0.1, 0.15) is 26.9 Å². The van der Waals surface area contributed by atoms with Gasteiger partial charge in [0.15, 0.2) is 0 Å². The van der Waals surface area contributed by atoms with Crippen LogP contribution in [-0.2, 0) is 0 Å². The number of hydrogen-bond donors (Lipinski definition) is 1. The van der Waals surface area contributed by atoms with Crippen LogP contribution in [-0.4, -0.2) is 27.6 Å². The molecule has 1 amide bonds. The molecule has 0 aliphatic carbocycles. The van der Waals surface area contributed by atoms with Gasteiger partial charge in [-0.15, -0.1) is 33.7 Å². The minimum absolute atomic E-state index is 0.141. The highest BCUT2D eigenvalue weighted by atomic mass is 32.2. The molecule has 1 aliphatic rings. The van der Waals surface area contributed by atoms with Crippen molar-refractivity contribution >= 4 is 45.9 Å². The quantitative estimate of drug-likeness (QED) is 0.934. The van der Waals surface area contributed by atoms with E-state index in [1.165, 1.54) is 34.8 Å². The average Bonchev–Trinajstić information content (AvgIpc) is 3.01. The van der Waals surface area contributed by atoms with Crippen molar-refractivity contribution in [2.45, 2.75) is 11.0 Å². The van der Waals surface area contributed by atoms with E-state index in [1.807, 2.05) is 47.8 Å². The molecule has 1 aliphatic heterocycles. The average molecular weight is 323 g/mol. The third kappa shape index (κ3) is 3.34. The van der Waals surface area contributed by atoms with Gasteiger partial charge in [-0.1, -0.05) is 23.5 Å². The molecule has 2 heterocycles. The molecule has 1 saturated heterocycles. The molecule has 1 N–H and O–H groups in total. The molecular formula is C13H13N3OS3. The van der Waals surface area contributed by atoms with Gasteiger partial charge >= 0.3 is 0 Å². The summed E-state index contributed by atoms with van der Waals surface area (Å²) in [4.78, 5) is 12.0. The highest BCUT2D eigenvalue weighted by Gasteiger charge is 2.17. The third-order valence-corrected chi connectivity index (χ3v) is 6.47. The van der Waals surface area contributed by atoms with Crippen LogP contribution in [0.4, 0.5) is 5.13 Å². The fraction of sp³-hybridized carbons (Fsp3) is 0.308. The molecule has 0 radical (unpaired) electrons. The molecule has 3 rings (SSSR count). The van der Waals surface area contributed by atoms with Gasteiger partial charge in [0, 0.05) is 5.56 Å². The minimum atomic E-state index is -0.141. The number of carbonyl (C=O) groups excluding carboxylic acids is 1. The lowest BCUT2D eigenvalue weighted by molar-refractivity contribution is 0.102. The Morgan fingerprint density at radius 3 is 2.60 bits per heavy atom. The number of hydrogen-bond acceptors (Lipinski definition) is 6. The first kappa shape index (κ1) is 13.9. The number of nitrogens with one attached hydrogen (secondary N) is 1. The summed E-state index contributed by atoms with van der Waals surface area (Å²) >= 11 is 5.27. The fourth-order valence-corrected chi connectivity index (χ4v) is 5.20. The molecule has 0 unspecified atom stereocenters. The van der Waals surface area contributed by atoms with E-state index in [4.69, 9.17) is 0 Å². The number of thioether (sulfide) groups is 2. The predicted octanol–water partition coefficient (Wildman–Crippen LogP) is 3.66. The molecule has 1 aromatic carbocycles. The molecule has 1 fully saturated rings. The summed E-state index contributed by atoms with van der Waals surface area (Å²) in [6, 6.07) is 7.85. The minimum Gasteiger partial charge on any atom is -0.296 e. The molecule has 4 nitrogen and oxygen atoms in total. The summed E-state index contributed by atoms with van der Waals surface area (Å²) in [7, 11) is 0. The van der Waals surface area contributed by atoms with E-state index in [-0.39, 0.29) is 5.91 Å². The van der Waals surface area contributed by atoms with Crippen molar-refractivity contribution in [3.63, 3.8) is 0 Å². The van der Waals surface area contributed by atoms with Crippen LogP contribution in [0.15, 0.2) is 29.8 Å². The third-order valence-electron chi connectivity index (χ3n) is 2.85. The predicted molar refractivity (Wildman–Crippen MR) is 86.6 cm³/mol. The molecule has 2 aromatic rings. The lowest BCUT2D eigenvalue weighted by Gasteiger charge is -2.21. The van der Waals surface area contributed by atoms with E-state index >= 15 is 0 Å². The van der Waals surface area contributed by atoms with Crippen LogP contribution in [0.25, 0.3) is 0 Å². The Labute approximate surface area is 129 Å². The van der Waals surface area contributed by atoms with Crippen molar-refractivity contribution in [2.24, 2.45) is 0 Å². The van der Waals surface area contributed by atoms with Gasteiger partial charge in [-0.25, -0.2) is 0 Å². The molecule has 104 valence electrons. The number of amides is 1. The van der Waals surface area contributed by atoms with E-state index in [1.54, 1.807) is 5.51 Å². The van der Waals surface area contributed by atoms with Crippen molar-refractivity contribution in [3.8, 4) is 0 Å². The van der Waals surface area contributed by atoms with E-state index in [0.717, 1.165) is 0 Å². The second kappa shape index (κ2) is 6.60. The Morgan fingerprint density at radius 1 is 1.20 bits per heavy atom. The SMILES string of the molecule is O=C(Nc1nncs1)c1ccc(C2SCCCS2)cc1. The van der Waals surface area contributed by atoms with Gasteiger partial charge < -0.3 is 0 Å². The fourth-order valence-electron chi connectivity index (χ4n) is 1.87. The topological polar surface area (TPSA) is 54.9 Å². The summed E-state index contributed by atoms with van der Waals surface area (Å²) in [5, 5.41) is 10.8. The van der Waals surface area contributed by atoms with E-state index < -0.39 is 0 Å². The first-order valence-corrected chi connectivity index (χ1v) is 9.21. The van der Waals surface area contributed by atoms with Gasteiger partial charge in [-0.3, -0.25) is 10.1 Å². The maximum absolute atomic E-state index is 12.0. The van der Waals surface area contributed by atoms with Crippen LogP contribution in [0.5, 0.6) is 0 Å². The lowest BCUT2D eigenvalue weighted by atomic mass is 10.1. The summed E-state index contributed by atoms with van der Waals surface area (Å²) in [6.07, 6.45) is 1.29.